The van der Waals surface area contributed by atoms with Crippen LogP contribution in [-0.4, -0.2) is 36.0 Å². The molecule has 0 aromatic rings. The Hall–Kier alpha value is -0.570. The molecule has 0 spiro atoms. The number of rotatable bonds is 6. The Morgan fingerprint density at radius 1 is 1.21 bits per heavy atom. The van der Waals surface area contributed by atoms with Gasteiger partial charge in [-0.3, -0.25) is 4.79 Å². The summed E-state index contributed by atoms with van der Waals surface area (Å²) < 4.78 is 0. The molecule has 0 saturated heterocycles. The van der Waals surface area contributed by atoms with E-state index in [2.05, 4.69) is 26.1 Å². The summed E-state index contributed by atoms with van der Waals surface area (Å²) in [4.78, 5) is 13.5. The number of nitrogens with one attached hydrogen (secondary N) is 1. The number of nitrogens with zero attached hydrogens (tertiary/aromatic N) is 1. The predicted molar refractivity (Wildman–Crippen MR) is 60.3 cm³/mol. The zero-order valence-corrected chi connectivity index (χ0v) is 10.2. The van der Waals surface area contributed by atoms with Crippen LogP contribution in [0.3, 0.4) is 0 Å². The molecule has 0 fully saturated rings. The van der Waals surface area contributed by atoms with E-state index >= 15 is 0 Å². The highest BCUT2D eigenvalue weighted by atomic mass is 16.2. The van der Waals surface area contributed by atoms with Gasteiger partial charge in [0.2, 0.25) is 5.91 Å². The van der Waals surface area contributed by atoms with E-state index in [4.69, 9.17) is 0 Å². The molecule has 1 N–H and O–H groups in total. The lowest BCUT2D eigenvalue weighted by molar-refractivity contribution is -0.130. The number of amides is 1. The summed E-state index contributed by atoms with van der Waals surface area (Å²) in [5, 5.41) is 3.27. The molecule has 0 aromatic heterocycles. The summed E-state index contributed by atoms with van der Waals surface area (Å²) in [6, 6.07) is 0. The molecular formula is C11H24N2O. The SMILES string of the molecule is CCN(CC)C(=O)CNC(C)(C)CC. The number of carbonyl (C=O) groups is 1. The van der Waals surface area contributed by atoms with Gasteiger partial charge in [-0.15, -0.1) is 0 Å². The molecule has 0 unspecified atom stereocenters. The lowest BCUT2D eigenvalue weighted by Gasteiger charge is -2.26. The van der Waals surface area contributed by atoms with Crippen LogP contribution in [0.15, 0.2) is 0 Å². The molecule has 0 atom stereocenters. The first kappa shape index (κ1) is 13.4. The van der Waals surface area contributed by atoms with Gasteiger partial charge in [0.25, 0.3) is 0 Å². The van der Waals surface area contributed by atoms with E-state index < -0.39 is 0 Å². The summed E-state index contributed by atoms with van der Waals surface area (Å²) in [6.07, 6.45) is 1.03. The van der Waals surface area contributed by atoms with E-state index in [1.807, 2.05) is 18.7 Å². The molecule has 3 heteroatoms. The first-order valence-electron chi connectivity index (χ1n) is 5.49. The third-order valence-corrected chi connectivity index (χ3v) is 2.72. The van der Waals surface area contributed by atoms with Gasteiger partial charge in [-0.25, -0.2) is 0 Å². The first-order valence-corrected chi connectivity index (χ1v) is 5.49. The van der Waals surface area contributed by atoms with Crippen LogP contribution >= 0.6 is 0 Å². The van der Waals surface area contributed by atoms with Gasteiger partial charge in [-0.1, -0.05) is 6.92 Å². The van der Waals surface area contributed by atoms with Crippen molar-refractivity contribution in [2.24, 2.45) is 0 Å². The Balaban J connectivity index is 3.95. The molecule has 14 heavy (non-hydrogen) atoms. The van der Waals surface area contributed by atoms with Crippen molar-refractivity contribution in [2.45, 2.75) is 46.6 Å². The third kappa shape index (κ3) is 4.61. The summed E-state index contributed by atoms with van der Waals surface area (Å²) in [5.74, 6) is 0.191. The van der Waals surface area contributed by atoms with Crippen LogP contribution in [0.4, 0.5) is 0 Å². The van der Waals surface area contributed by atoms with Crippen LogP contribution in [0.1, 0.15) is 41.0 Å². The zero-order valence-electron chi connectivity index (χ0n) is 10.2. The Morgan fingerprint density at radius 3 is 2.07 bits per heavy atom. The molecule has 0 rings (SSSR count). The van der Waals surface area contributed by atoms with Gasteiger partial charge in [0.05, 0.1) is 6.54 Å². The molecule has 0 aromatic carbocycles. The average Bonchev–Trinajstić information content (AvgIpc) is 2.17. The van der Waals surface area contributed by atoms with E-state index in [1.54, 1.807) is 0 Å². The van der Waals surface area contributed by atoms with Gasteiger partial charge in [-0.2, -0.15) is 0 Å². The van der Waals surface area contributed by atoms with Crippen LogP contribution in [0.5, 0.6) is 0 Å². The van der Waals surface area contributed by atoms with Crippen molar-refractivity contribution in [3.8, 4) is 0 Å². The van der Waals surface area contributed by atoms with Gasteiger partial charge in [0.15, 0.2) is 0 Å². The Kier molecular flexibility index (Phi) is 5.77. The second-order valence-corrected chi connectivity index (χ2v) is 4.16. The quantitative estimate of drug-likeness (QED) is 0.707. The van der Waals surface area contributed by atoms with Gasteiger partial charge in [0.1, 0.15) is 0 Å². The standard InChI is InChI=1S/C11H24N2O/c1-6-11(4,5)12-9-10(14)13(7-2)8-3/h12H,6-9H2,1-5H3. The molecule has 0 aliphatic heterocycles. The van der Waals surface area contributed by atoms with Crippen molar-refractivity contribution in [1.82, 2.24) is 10.2 Å². The van der Waals surface area contributed by atoms with Crippen LogP contribution in [-0.2, 0) is 4.79 Å². The lowest BCUT2D eigenvalue weighted by atomic mass is 10.0. The summed E-state index contributed by atoms with van der Waals surface area (Å²) in [6.45, 7) is 12.4. The normalized spacial score (nSPS) is 11.5. The Labute approximate surface area is 87.9 Å². The lowest BCUT2D eigenvalue weighted by Crippen LogP contribution is -2.46. The predicted octanol–water partition coefficient (Wildman–Crippen LogP) is 1.63. The van der Waals surface area contributed by atoms with Crippen molar-refractivity contribution >= 4 is 5.91 Å². The number of hydrogen-bond donors (Lipinski definition) is 1. The van der Waals surface area contributed by atoms with Crippen molar-refractivity contribution in [1.29, 1.82) is 0 Å². The van der Waals surface area contributed by atoms with Crippen LogP contribution in [0.25, 0.3) is 0 Å². The highest BCUT2D eigenvalue weighted by Gasteiger charge is 2.17. The number of likely N-dealkylation sites (N-methyl/N-ethyl adjacent to an activating group) is 1. The van der Waals surface area contributed by atoms with Crippen molar-refractivity contribution in [3.05, 3.63) is 0 Å². The van der Waals surface area contributed by atoms with Crippen molar-refractivity contribution < 1.29 is 4.79 Å². The largest absolute Gasteiger partial charge is 0.342 e. The molecule has 0 heterocycles. The highest BCUT2D eigenvalue weighted by molar-refractivity contribution is 5.78. The minimum Gasteiger partial charge on any atom is -0.342 e. The summed E-state index contributed by atoms with van der Waals surface area (Å²) >= 11 is 0. The molecule has 0 aliphatic carbocycles. The van der Waals surface area contributed by atoms with E-state index in [9.17, 15) is 4.79 Å². The average molecular weight is 200 g/mol. The monoisotopic (exact) mass is 200 g/mol. The minimum atomic E-state index is 0.0583. The Bertz CT molecular complexity index is 174. The number of carbonyl (C=O) groups excluding carboxylic acids is 1. The second kappa shape index (κ2) is 6.02. The number of hydrogen-bond acceptors (Lipinski definition) is 2. The highest BCUT2D eigenvalue weighted by Crippen LogP contribution is 2.06. The fraction of sp³-hybridized carbons (Fsp3) is 0.909. The van der Waals surface area contributed by atoms with Crippen LogP contribution < -0.4 is 5.32 Å². The van der Waals surface area contributed by atoms with E-state index in [0.717, 1.165) is 19.5 Å². The first-order chi connectivity index (χ1) is 6.46. The molecule has 0 radical (unpaired) electrons. The third-order valence-electron chi connectivity index (χ3n) is 2.72. The Morgan fingerprint density at radius 2 is 1.71 bits per heavy atom. The molecule has 0 bridgehead atoms. The molecular weight excluding hydrogens is 176 g/mol. The topological polar surface area (TPSA) is 32.3 Å². The summed E-state index contributed by atoms with van der Waals surface area (Å²) in [5.41, 5.74) is 0.0583. The van der Waals surface area contributed by atoms with Crippen LogP contribution in [0.2, 0.25) is 0 Å². The van der Waals surface area contributed by atoms with E-state index in [0.29, 0.717) is 6.54 Å². The molecule has 84 valence electrons. The fourth-order valence-corrected chi connectivity index (χ4v) is 1.13. The maximum absolute atomic E-state index is 11.6. The second-order valence-electron chi connectivity index (χ2n) is 4.16. The maximum Gasteiger partial charge on any atom is 0.236 e. The molecule has 0 aliphatic rings. The smallest absolute Gasteiger partial charge is 0.236 e. The molecule has 3 nitrogen and oxygen atoms in total. The van der Waals surface area contributed by atoms with Crippen molar-refractivity contribution in [3.63, 3.8) is 0 Å². The van der Waals surface area contributed by atoms with E-state index in [-0.39, 0.29) is 11.4 Å². The van der Waals surface area contributed by atoms with Crippen molar-refractivity contribution in [2.75, 3.05) is 19.6 Å². The van der Waals surface area contributed by atoms with Gasteiger partial charge in [-0.05, 0) is 34.1 Å². The minimum absolute atomic E-state index is 0.0583. The van der Waals surface area contributed by atoms with E-state index in [1.165, 1.54) is 0 Å². The van der Waals surface area contributed by atoms with Gasteiger partial charge in [0, 0.05) is 18.6 Å². The fourth-order valence-electron chi connectivity index (χ4n) is 1.13. The molecule has 0 saturated carbocycles. The van der Waals surface area contributed by atoms with Gasteiger partial charge >= 0.3 is 0 Å². The maximum atomic E-state index is 11.6. The zero-order chi connectivity index (χ0) is 11.2. The van der Waals surface area contributed by atoms with Crippen LogP contribution in [0, 0.1) is 0 Å². The van der Waals surface area contributed by atoms with Gasteiger partial charge < -0.3 is 10.2 Å². The molecule has 1 amide bonds. The summed E-state index contributed by atoms with van der Waals surface area (Å²) in [7, 11) is 0.